The molecular weight excluding hydrogens is 511 g/mol. The number of ether oxygens (including phenoxy) is 3. The van der Waals surface area contributed by atoms with Crippen molar-refractivity contribution in [1.82, 2.24) is 10.2 Å². The van der Waals surface area contributed by atoms with E-state index in [2.05, 4.69) is 15.6 Å². The van der Waals surface area contributed by atoms with E-state index >= 15 is 0 Å². The minimum Gasteiger partial charge on any atom is -0.490 e. The zero-order valence-electron chi connectivity index (χ0n) is 18.0. The Kier molecular flexibility index (Phi) is 9.70. The number of carbonyl (C=O) groups is 1. The fourth-order valence-corrected chi connectivity index (χ4v) is 2.76. The summed E-state index contributed by atoms with van der Waals surface area (Å²) in [7, 11) is 5.12. The number of amides is 1. The Labute approximate surface area is 200 Å². The van der Waals surface area contributed by atoms with Crippen molar-refractivity contribution in [3.05, 3.63) is 48.0 Å². The van der Waals surface area contributed by atoms with E-state index in [9.17, 15) is 4.79 Å². The molecule has 0 saturated heterocycles. The van der Waals surface area contributed by atoms with Crippen molar-refractivity contribution in [2.45, 2.75) is 13.0 Å². The molecule has 168 valence electrons. The van der Waals surface area contributed by atoms with Crippen LogP contribution in [-0.2, 0) is 11.3 Å². The first-order valence-electron chi connectivity index (χ1n) is 9.84. The van der Waals surface area contributed by atoms with Crippen molar-refractivity contribution in [2.24, 2.45) is 4.99 Å². The maximum atomic E-state index is 11.7. The van der Waals surface area contributed by atoms with E-state index in [-0.39, 0.29) is 36.5 Å². The number of aliphatic imine (C=N–C) groups is 1. The van der Waals surface area contributed by atoms with Crippen molar-refractivity contribution in [3.63, 3.8) is 0 Å². The summed E-state index contributed by atoms with van der Waals surface area (Å²) in [6.07, 6.45) is 0.868. The Morgan fingerprint density at radius 1 is 1.13 bits per heavy atom. The summed E-state index contributed by atoms with van der Waals surface area (Å²) in [5.41, 5.74) is 1.86. The van der Waals surface area contributed by atoms with Crippen LogP contribution in [0.2, 0.25) is 0 Å². The van der Waals surface area contributed by atoms with E-state index < -0.39 is 0 Å². The summed E-state index contributed by atoms with van der Waals surface area (Å²) in [5, 5.41) is 6.53. The molecule has 0 radical (unpaired) electrons. The molecular formula is C22H29IN4O4. The number of guanidine groups is 1. The van der Waals surface area contributed by atoms with Crippen LogP contribution in [0, 0.1) is 0 Å². The highest BCUT2D eigenvalue weighted by atomic mass is 127. The molecule has 1 aliphatic rings. The summed E-state index contributed by atoms with van der Waals surface area (Å²) in [6, 6.07) is 13.3. The Balaban J connectivity index is 0.00000341. The zero-order valence-corrected chi connectivity index (χ0v) is 20.3. The molecule has 0 spiro atoms. The molecule has 0 aliphatic carbocycles. The van der Waals surface area contributed by atoms with Crippen LogP contribution in [0.3, 0.4) is 0 Å². The second-order valence-corrected chi connectivity index (χ2v) is 6.99. The molecule has 8 nitrogen and oxygen atoms in total. The lowest BCUT2D eigenvalue weighted by Gasteiger charge is -2.15. The fraction of sp³-hybridized carbons (Fsp3) is 0.364. The van der Waals surface area contributed by atoms with Crippen LogP contribution in [0.1, 0.15) is 12.0 Å². The van der Waals surface area contributed by atoms with Gasteiger partial charge in [0.2, 0.25) is 0 Å². The van der Waals surface area contributed by atoms with Gasteiger partial charge in [-0.2, -0.15) is 0 Å². The molecule has 2 aromatic rings. The maximum Gasteiger partial charge on any atom is 0.259 e. The van der Waals surface area contributed by atoms with Crippen LogP contribution >= 0.6 is 24.0 Å². The van der Waals surface area contributed by atoms with E-state index in [1.165, 1.54) is 4.90 Å². The molecule has 2 N–H and O–H groups in total. The van der Waals surface area contributed by atoms with E-state index in [0.717, 1.165) is 29.2 Å². The largest absolute Gasteiger partial charge is 0.490 e. The van der Waals surface area contributed by atoms with Gasteiger partial charge in [-0.3, -0.25) is 9.79 Å². The van der Waals surface area contributed by atoms with Crippen LogP contribution in [-0.4, -0.2) is 57.7 Å². The highest BCUT2D eigenvalue weighted by molar-refractivity contribution is 14.0. The number of hydrogen-bond acceptors (Lipinski definition) is 5. The maximum absolute atomic E-state index is 11.7. The molecule has 0 aromatic heterocycles. The average Bonchev–Trinajstić information content (AvgIpc) is 3.00. The summed E-state index contributed by atoms with van der Waals surface area (Å²) in [5.74, 6) is 2.67. The summed E-state index contributed by atoms with van der Waals surface area (Å²) in [6.45, 7) is 1.86. The van der Waals surface area contributed by atoms with Gasteiger partial charge in [0, 0.05) is 45.9 Å². The van der Waals surface area contributed by atoms with Gasteiger partial charge in [0.25, 0.3) is 5.91 Å². The Hall–Kier alpha value is -2.69. The number of nitrogens with one attached hydrogen (secondary N) is 2. The number of hydrogen-bond donors (Lipinski definition) is 2. The predicted molar refractivity (Wildman–Crippen MR) is 132 cm³/mol. The average molecular weight is 540 g/mol. The molecule has 0 atom stereocenters. The van der Waals surface area contributed by atoms with Gasteiger partial charge < -0.3 is 29.7 Å². The number of rotatable bonds is 6. The van der Waals surface area contributed by atoms with Crippen molar-refractivity contribution in [1.29, 1.82) is 0 Å². The normalized spacial score (nSPS) is 12.8. The van der Waals surface area contributed by atoms with Gasteiger partial charge in [-0.15, -0.1) is 24.0 Å². The van der Waals surface area contributed by atoms with Crippen LogP contribution in [0.5, 0.6) is 17.2 Å². The number of nitrogens with zero attached hydrogens (tertiary/aromatic N) is 2. The molecule has 31 heavy (non-hydrogen) atoms. The quantitative estimate of drug-likeness (QED) is 0.333. The smallest absolute Gasteiger partial charge is 0.259 e. The molecule has 0 saturated carbocycles. The number of halogens is 1. The van der Waals surface area contributed by atoms with Gasteiger partial charge in [-0.25, -0.2) is 0 Å². The lowest BCUT2D eigenvalue weighted by atomic mass is 10.2. The lowest BCUT2D eigenvalue weighted by Crippen LogP contribution is -2.30. The highest BCUT2D eigenvalue weighted by Crippen LogP contribution is 2.32. The molecule has 0 bridgehead atoms. The fourth-order valence-electron chi connectivity index (χ4n) is 2.76. The Morgan fingerprint density at radius 2 is 1.90 bits per heavy atom. The second kappa shape index (κ2) is 12.2. The number of fused-ring (bicyclic) bond motifs is 1. The van der Waals surface area contributed by atoms with Crippen LogP contribution in [0.15, 0.2) is 47.5 Å². The standard InChI is InChI=1S/C22H28N4O4.HI/c1-23-22(25-17-8-9-19-20(13-17)29-11-5-10-28-19)24-14-16-6-4-7-18(12-16)30-15-21(27)26(2)3;/h4,6-9,12-13H,5,10-11,14-15H2,1-3H3,(H2,23,24,25);1H. The Bertz CT molecular complexity index is 905. The van der Waals surface area contributed by atoms with Gasteiger partial charge >= 0.3 is 0 Å². The zero-order chi connectivity index (χ0) is 21.3. The van der Waals surface area contributed by atoms with Gasteiger partial charge in [0.05, 0.1) is 13.2 Å². The SMILES string of the molecule is CN=C(NCc1cccc(OCC(=O)N(C)C)c1)Nc1ccc2c(c1)OCCCO2.I. The summed E-state index contributed by atoms with van der Waals surface area (Å²) >= 11 is 0. The third-order valence-corrected chi connectivity index (χ3v) is 4.45. The van der Waals surface area contributed by atoms with Crippen LogP contribution in [0.4, 0.5) is 5.69 Å². The Morgan fingerprint density at radius 3 is 2.65 bits per heavy atom. The topological polar surface area (TPSA) is 84.4 Å². The molecule has 0 unspecified atom stereocenters. The molecule has 3 rings (SSSR count). The van der Waals surface area contributed by atoms with E-state index in [0.29, 0.717) is 31.5 Å². The monoisotopic (exact) mass is 540 g/mol. The first kappa shape index (κ1) is 24.6. The van der Waals surface area contributed by atoms with Crippen LogP contribution in [0.25, 0.3) is 0 Å². The van der Waals surface area contributed by atoms with Crippen LogP contribution < -0.4 is 24.8 Å². The number of carbonyl (C=O) groups excluding carboxylic acids is 1. The number of benzene rings is 2. The number of likely N-dealkylation sites (N-methyl/N-ethyl adjacent to an activating group) is 1. The molecule has 1 amide bonds. The molecule has 0 fully saturated rings. The minimum absolute atomic E-state index is 0. The van der Waals surface area contributed by atoms with Crippen molar-refractivity contribution < 1.29 is 19.0 Å². The van der Waals surface area contributed by atoms with Gasteiger partial charge in [-0.05, 0) is 29.8 Å². The summed E-state index contributed by atoms with van der Waals surface area (Å²) < 4.78 is 17.0. The predicted octanol–water partition coefficient (Wildman–Crippen LogP) is 3.12. The van der Waals surface area contributed by atoms with Crippen molar-refractivity contribution >= 4 is 41.5 Å². The molecule has 1 heterocycles. The molecule has 1 aliphatic heterocycles. The van der Waals surface area contributed by atoms with Gasteiger partial charge in [-0.1, -0.05) is 12.1 Å². The minimum atomic E-state index is -0.0849. The molecule has 9 heteroatoms. The van der Waals surface area contributed by atoms with Gasteiger partial charge in [0.1, 0.15) is 5.75 Å². The van der Waals surface area contributed by atoms with E-state index in [1.807, 2.05) is 42.5 Å². The van der Waals surface area contributed by atoms with Crippen molar-refractivity contribution in [3.8, 4) is 17.2 Å². The lowest BCUT2D eigenvalue weighted by molar-refractivity contribution is -0.130. The molecule has 2 aromatic carbocycles. The second-order valence-electron chi connectivity index (χ2n) is 6.99. The highest BCUT2D eigenvalue weighted by Gasteiger charge is 2.11. The first-order valence-corrected chi connectivity index (χ1v) is 9.84. The third kappa shape index (κ3) is 7.50. The van der Waals surface area contributed by atoms with E-state index in [1.54, 1.807) is 21.1 Å². The van der Waals surface area contributed by atoms with Gasteiger partial charge in [0.15, 0.2) is 24.1 Å². The first-order chi connectivity index (χ1) is 14.5. The number of anilines is 1. The summed E-state index contributed by atoms with van der Waals surface area (Å²) in [4.78, 5) is 17.5. The van der Waals surface area contributed by atoms with Crippen molar-refractivity contribution in [2.75, 3.05) is 46.3 Å². The third-order valence-electron chi connectivity index (χ3n) is 4.45. The van der Waals surface area contributed by atoms with E-state index in [4.69, 9.17) is 14.2 Å².